The van der Waals surface area contributed by atoms with Gasteiger partial charge < -0.3 is 10.5 Å². The van der Waals surface area contributed by atoms with E-state index < -0.39 is 5.82 Å². The van der Waals surface area contributed by atoms with Crippen LogP contribution in [0.5, 0.6) is 11.6 Å². The molecule has 0 saturated carbocycles. The van der Waals surface area contributed by atoms with Crippen molar-refractivity contribution in [1.82, 2.24) is 4.98 Å². The fourth-order valence-electron chi connectivity index (χ4n) is 1.30. The molecule has 0 atom stereocenters. The number of nitrogens with two attached hydrogens (primary N) is 1. The Bertz CT molecular complexity index is 578. The molecule has 18 heavy (non-hydrogen) atoms. The molecule has 0 aliphatic carbocycles. The van der Waals surface area contributed by atoms with E-state index in [-0.39, 0.29) is 16.7 Å². The summed E-state index contributed by atoms with van der Waals surface area (Å²) in [5.41, 5.74) is 6.24. The zero-order chi connectivity index (χ0) is 13.1. The van der Waals surface area contributed by atoms with E-state index in [0.717, 1.165) is 11.6 Å². The second-order valence-corrected chi connectivity index (χ2v) is 4.33. The van der Waals surface area contributed by atoms with E-state index in [1.807, 2.05) is 0 Å². The highest BCUT2D eigenvalue weighted by atomic mass is 35.5. The third kappa shape index (κ3) is 2.90. The first-order valence-corrected chi connectivity index (χ1v) is 5.83. The van der Waals surface area contributed by atoms with Crippen molar-refractivity contribution in [2.75, 3.05) is 0 Å². The maximum atomic E-state index is 13.2. The molecule has 0 aliphatic rings. The first-order chi connectivity index (χ1) is 8.60. The largest absolute Gasteiger partial charge is 0.437 e. The summed E-state index contributed by atoms with van der Waals surface area (Å²) in [4.78, 5) is 4.01. The Morgan fingerprint density at radius 1 is 1.22 bits per heavy atom. The lowest BCUT2D eigenvalue weighted by Crippen LogP contribution is -1.98. The van der Waals surface area contributed by atoms with Crippen LogP contribution >= 0.6 is 23.2 Å². The molecular formula is C12H9Cl2FN2O. The van der Waals surface area contributed by atoms with Gasteiger partial charge in [-0.25, -0.2) is 9.37 Å². The number of hydrogen-bond donors (Lipinski definition) is 1. The summed E-state index contributed by atoms with van der Waals surface area (Å²) in [6.45, 7) is 0.336. The van der Waals surface area contributed by atoms with E-state index in [2.05, 4.69) is 4.98 Å². The summed E-state index contributed by atoms with van der Waals surface area (Å²) in [6.07, 6.45) is 1.55. The maximum Gasteiger partial charge on any atom is 0.238 e. The van der Waals surface area contributed by atoms with Gasteiger partial charge in [0, 0.05) is 18.8 Å². The van der Waals surface area contributed by atoms with Crippen molar-refractivity contribution >= 4 is 23.2 Å². The molecule has 6 heteroatoms. The van der Waals surface area contributed by atoms with Gasteiger partial charge in [-0.15, -0.1) is 0 Å². The van der Waals surface area contributed by atoms with Crippen LogP contribution in [0.15, 0.2) is 30.5 Å². The minimum Gasteiger partial charge on any atom is -0.437 e. The van der Waals surface area contributed by atoms with Crippen LogP contribution in [-0.2, 0) is 6.54 Å². The molecule has 1 aromatic heterocycles. The Labute approximate surface area is 113 Å². The molecule has 0 fully saturated rings. The summed E-state index contributed by atoms with van der Waals surface area (Å²) in [5.74, 6) is -0.105. The SMILES string of the molecule is NCc1cnc(Oc2ccc(Cl)c(F)c2)c(Cl)c1. The van der Waals surface area contributed by atoms with E-state index >= 15 is 0 Å². The van der Waals surface area contributed by atoms with Crippen molar-refractivity contribution in [3.63, 3.8) is 0 Å². The molecule has 1 aromatic carbocycles. The van der Waals surface area contributed by atoms with Crippen LogP contribution in [0.2, 0.25) is 10.0 Å². The van der Waals surface area contributed by atoms with Crippen molar-refractivity contribution in [1.29, 1.82) is 0 Å². The highest BCUT2D eigenvalue weighted by molar-refractivity contribution is 6.32. The van der Waals surface area contributed by atoms with E-state index in [1.165, 1.54) is 12.1 Å². The quantitative estimate of drug-likeness (QED) is 0.934. The number of ether oxygens (including phenoxy) is 1. The van der Waals surface area contributed by atoms with Crippen LogP contribution in [0.1, 0.15) is 5.56 Å². The van der Waals surface area contributed by atoms with Crippen molar-refractivity contribution < 1.29 is 9.13 Å². The minimum absolute atomic E-state index is 0.0277. The predicted molar refractivity (Wildman–Crippen MR) is 68.6 cm³/mol. The molecule has 94 valence electrons. The van der Waals surface area contributed by atoms with Gasteiger partial charge in [-0.2, -0.15) is 0 Å². The Balaban J connectivity index is 2.25. The molecule has 0 radical (unpaired) electrons. The van der Waals surface area contributed by atoms with Crippen LogP contribution in [0, 0.1) is 5.82 Å². The molecule has 1 heterocycles. The standard InChI is InChI=1S/C12H9Cl2FN2O/c13-9-2-1-8(4-11(9)15)18-12-10(14)3-7(5-16)6-17-12/h1-4,6H,5,16H2. The average molecular weight is 287 g/mol. The van der Waals surface area contributed by atoms with Gasteiger partial charge in [0.05, 0.1) is 5.02 Å². The van der Waals surface area contributed by atoms with Gasteiger partial charge in [0.2, 0.25) is 5.88 Å². The van der Waals surface area contributed by atoms with Gasteiger partial charge in [0.25, 0.3) is 0 Å². The van der Waals surface area contributed by atoms with Crippen molar-refractivity contribution in [3.05, 3.63) is 51.9 Å². The summed E-state index contributed by atoms with van der Waals surface area (Å²) in [7, 11) is 0. The number of aromatic nitrogens is 1. The zero-order valence-corrected chi connectivity index (χ0v) is 10.7. The molecule has 3 nitrogen and oxygen atoms in total. The molecule has 0 unspecified atom stereocenters. The van der Waals surface area contributed by atoms with E-state index in [4.69, 9.17) is 33.7 Å². The highest BCUT2D eigenvalue weighted by Crippen LogP contribution is 2.29. The molecule has 2 aromatic rings. The van der Waals surface area contributed by atoms with Crippen LogP contribution in [0.3, 0.4) is 0 Å². The van der Waals surface area contributed by atoms with Crippen LogP contribution in [0.4, 0.5) is 4.39 Å². The number of nitrogens with zero attached hydrogens (tertiary/aromatic N) is 1. The molecule has 0 aliphatic heterocycles. The summed E-state index contributed by atoms with van der Waals surface area (Å²) >= 11 is 11.5. The maximum absolute atomic E-state index is 13.2. The van der Waals surface area contributed by atoms with Gasteiger partial charge in [-0.1, -0.05) is 23.2 Å². The normalized spacial score (nSPS) is 10.4. The first-order valence-electron chi connectivity index (χ1n) is 5.07. The number of benzene rings is 1. The third-order valence-corrected chi connectivity index (χ3v) is 2.78. The lowest BCUT2D eigenvalue weighted by atomic mass is 10.3. The fourth-order valence-corrected chi connectivity index (χ4v) is 1.65. The smallest absolute Gasteiger partial charge is 0.238 e. The second kappa shape index (κ2) is 5.52. The minimum atomic E-state index is -0.566. The van der Waals surface area contributed by atoms with Crippen molar-refractivity contribution in [2.24, 2.45) is 5.73 Å². The zero-order valence-electron chi connectivity index (χ0n) is 9.16. The Hall–Kier alpha value is -1.36. The van der Waals surface area contributed by atoms with Gasteiger partial charge in [-0.3, -0.25) is 0 Å². The fraction of sp³-hybridized carbons (Fsp3) is 0.0833. The van der Waals surface area contributed by atoms with Crippen molar-refractivity contribution in [2.45, 2.75) is 6.54 Å². The molecule has 0 spiro atoms. The van der Waals surface area contributed by atoms with Crippen LogP contribution in [0.25, 0.3) is 0 Å². The van der Waals surface area contributed by atoms with E-state index in [9.17, 15) is 4.39 Å². The number of pyridine rings is 1. The Morgan fingerprint density at radius 2 is 2.00 bits per heavy atom. The number of hydrogen-bond acceptors (Lipinski definition) is 3. The third-order valence-electron chi connectivity index (χ3n) is 2.21. The summed E-state index contributed by atoms with van der Waals surface area (Å²) in [5, 5.41) is 0.341. The second-order valence-electron chi connectivity index (χ2n) is 3.51. The monoisotopic (exact) mass is 286 g/mol. The Kier molecular flexibility index (Phi) is 4.01. The van der Waals surface area contributed by atoms with Crippen LogP contribution < -0.4 is 10.5 Å². The topological polar surface area (TPSA) is 48.1 Å². The van der Waals surface area contributed by atoms with Crippen molar-refractivity contribution in [3.8, 4) is 11.6 Å². The van der Waals surface area contributed by atoms with Gasteiger partial charge in [0.1, 0.15) is 16.6 Å². The number of halogens is 3. The van der Waals surface area contributed by atoms with Gasteiger partial charge >= 0.3 is 0 Å². The van der Waals surface area contributed by atoms with Crippen LogP contribution in [-0.4, -0.2) is 4.98 Å². The highest BCUT2D eigenvalue weighted by Gasteiger charge is 2.08. The molecule has 0 bridgehead atoms. The Morgan fingerprint density at radius 3 is 2.61 bits per heavy atom. The lowest BCUT2D eigenvalue weighted by Gasteiger charge is -2.07. The molecular weight excluding hydrogens is 278 g/mol. The molecule has 2 N–H and O–H groups in total. The first kappa shape index (κ1) is 13.1. The van der Waals surface area contributed by atoms with Gasteiger partial charge in [-0.05, 0) is 23.8 Å². The molecule has 2 rings (SSSR count). The number of rotatable bonds is 3. The average Bonchev–Trinajstić information content (AvgIpc) is 2.36. The molecule has 0 saturated heterocycles. The molecule has 0 amide bonds. The van der Waals surface area contributed by atoms with E-state index in [1.54, 1.807) is 12.3 Å². The summed E-state index contributed by atoms with van der Waals surface area (Å²) in [6, 6.07) is 5.74. The van der Waals surface area contributed by atoms with Gasteiger partial charge in [0.15, 0.2) is 0 Å². The van der Waals surface area contributed by atoms with E-state index in [0.29, 0.717) is 11.6 Å². The predicted octanol–water partition coefficient (Wildman–Crippen LogP) is 3.78. The lowest BCUT2D eigenvalue weighted by molar-refractivity contribution is 0.458. The summed E-state index contributed by atoms with van der Waals surface area (Å²) < 4.78 is 18.6.